The van der Waals surface area contributed by atoms with E-state index in [2.05, 4.69) is 60.1 Å². The van der Waals surface area contributed by atoms with Crippen LogP contribution < -0.4 is 27.0 Å². The molecule has 0 aromatic rings. The average molecular weight is 557 g/mol. The Morgan fingerprint density at radius 3 is 2.29 bits per heavy atom. The standard InChI is InChI=1S/C29H60N6O2S/c1-23(2)34-26-14-19-35(20-15-26)22-28(36)32-17-8-10-24(3)12-13-25(4)31-16-7-6-11-27(30)29(37)33-18-9-21-38-5/h23-27,31,34H,6-22,30H2,1-5H3,(H,32,36)(H,33,37)/t24?,25?,27-/m0/s1. The summed E-state index contributed by atoms with van der Waals surface area (Å²) in [6.07, 6.45) is 12.6. The molecule has 2 amide bonds. The van der Waals surface area contributed by atoms with Crippen molar-refractivity contribution in [2.45, 2.75) is 116 Å². The number of thioether (sulfide) groups is 1. The lowest BCUT2D eigenvalue weighted by Gasteiger charge is -2.32. The van der Waals surface area contributed by atoms with Crippen molar-refractivity contribution in [3.63, 3.8) is 0 Å². The monoisotopic (exact) mass is 556 g/mol. The predicted molar refractivity (Wildman–Crippen MR) is 164 cm³/mol. The molecule has 1 fully saturated rings. The lowest BCUT2D eigenvalue weighted by molar-refractivity contribution is -0.123. The summed E-state index contributed by atoms with van der Waals surface area (Å²) in [6.45, 7) is 14.0. The van der Waals surface area contributed by atoms with E-state index in [1.807, 2.05) is 0 Å². The van der Waals surface area contributed by atoms with Gasteiger partial charge in [-0.15, -0.1) is 0 Å². The summed E-state index contributed by atoms with van der Waals surface area (Å²) in [4.78, 5) is 26.6. The van der Waals surface area contributed by atoms with E-state index in [0.717, 1.165) is 96.3 Å². The SMILES string of the molecule is CSCCCNC(=O)[C@@H](N)CCCCNC(C)CCC(C)CCCNC(=O)CN1CCC(NC(C)C)CC1. The van der Waals surface area contributed by atoms with Gasteiger partial charge in [-0.2, -0.15) is 11.8 Å². The lowest BCUT2D eigenvalue weighted by atomic mass is 9.97. The molecule has 0 spiro atoms. The summed E-state index contributed by atoms with van der Waals surface area (Å²) < 4.78 is 0. The number of rotatable bonds is 22. The van der Waals surface area contributed by atoms with Gasteiger partial charge in [0, 0.05) is 44.3 Å². The van der Waals surface area contributed by atoms with Gasteiger partial charge >= 0.3 is 0 Å². The molecule has 1 rings (SSSR count). The fourth-order valence-electron chi connectivity index (χ4n) is 4.98. The Labute approximate surface area is 238 Å². The van der Waals surface area contributed by atoms with E-state index in [1.165, 1.54) is 6.42 Å². The summed E-state index contributed by atoms with van der Waals surface area (Å²) >= 11 is 1.79. The summed E-state index contributed by atoms with van der Waals surface area (Å²) in [7, 11) is 0. The smallest absolute Gasteiger partial charge is 0.236 e. The van der Waals surface area contributed by atoms with E-state index in [9.17, 15) is 9.59 Å². The number of nitrogens with zero attached hydrogens (tertiary/aromatic N) is 1. The Kier molecular flexibility index (Phi) is 20.3. The third-order valence-electron chi connectivity index (χ3n) is 7.41. The molecule has 224 valence electrons. The molecule has 1 saturated heterocycles. The first kappa shape index (κ1) is 35.2. The molecule has 3 atom stereocenters. The van der Waals surface area contributed by atoms with Crippen molar-refractivity contribution in [3.05, 3.63) is 0 Å². The highest BCUT2D eigenvalue weighted by atomic mass is 32.2. The van der Waals surface area contributed by atoms with E-state index >= 15 is 0 Å². The fraction of sp³-hybridized carbons (Fsp3) is 0.931. The second-order valence-electron chi connectivity index (χ2n) is 11.6. The zero-order valence-electron chi connectivity index (χ0n) is 25.2. The van der Waals surface area contributed by atoms with Gasteiger partial charge in [0.25, 0.3) is 0 Å². The Hall–Kier alpha value is -0.870. The van der Waals surface area contributed by atoms with Crippen LogP contribution in [0.4, 0.5) is 0 Å². The number of nitrogens with two attached hydrogens (primary N) is 1. The minimum Gasteiger partial charge on any atom is -0.355 e. The van der Waals surface area contributed by atoms with Crippen molar-refractivity contribution in [3.8, 4) is 0 Å². The number of likely N-dealkylation sites (tertiary alicyclic amines) is 1. The summed E-state index contributed by atoms with van der Waals surface area (Å²) in [5.74, 6) is 1.87. The van der Waals surface area contributed by atoms with Gasteiger partial charge in [0.2, 0.25) is 11.8 Å². The van der Waals surface area contributed by atoms with E-state index in [1.54, 1.807) is 11.8 Å². The van der Waals surface area contributed by atoms with Crippen LogP contribution in [0, 0.1) is 5.92 Å². The molecule has 8 nitrogen and oxygen atoms in total. The molecule has 1 aliphatic heterocycles. The second kappa shape index (κ2) is 21.9. The van der Waals surface area contributed by atoms with Crippen molar-refractivity contribution in [1.82, 2.24) is 26.2 Å². The minimum absolute atomic E-state index is 0.0176. The van der Waals surface area contributed by atoms with Crippen molar-refractivity contribution in [1.29, 1.82) is 0 Å². The van der Waals surface area contributed by atoms with Gasteiger partial charge in [-0.1, -0.05) is 27.2 Å². The molecule has 6 N–H and O–H groups in total. The Morgan fingerprint density at radius 1 is 0.895 bits per heavy atom. The van der Waals surface area contributed by atoms with Gasteiger partial charge in [-0.05, 0) is 89.2 Å². The summed E-state index contributed by atoms with van der Waals surface area (Å²) in [5, 5.41) is 13.3. The van der Waals surface area contributed by atoms with E-state index < -0.39 is 6.04 Å². The molecule has 0 aromatic carbocycles. The van der Waals surface area contributed by atoms with E-state index in [4.69, 9.17) is 5.73 Å². The number of hydrogen-bond acceptors (Lipinski definition) is 7. The number of carbonyl (C=O) groups excluding carboxylic acids is 2. The highest BCUT2D eigenvalue weighted by molar-refractivity contribution is 7.98. The van der Waals surface area contributed by atoms with Crippen molar-refractivity contribution < 1.29 is 9.59 Å². The van der Waals surface area contributed by atoms with E-state index in [-0.39, 0.29) is 11.8 Å². The molecular weight excluding hydrogens is 496 g/mol. The van der Waals surface area contributed by atoms with Crippen LogP contribution in [0.15, 0.2) is 0 Å². The number of amides is 2. The van der Waals surface area contributed by atoms with Gasteiger partial charge in [0.1, 0.15) is 0 Å². The molecule has 9 heteroatoms. The molecule has 0 aromatic heterocycles. The van der Waals surface area contributed by atoms with Crippen molar-refractivity contribution in [2.75, 3.05) is 51.3 Å². The van der Waals surface area contributed by atoms with Crippen LogP contribution in [-0.4, -0.2) is 92.2 Å². The summed E-state index contributed by atoms with van der Waals surface area (Å²) in [5.41, 5.74) is 6.02. The first-order valence-corrected chi connectivity index (χ1v) is 16.6. The molecule has 0 aliphatic carbocycles. The highest BCUT2D eigenvalue weighted by Crippen LogP contribution is 2.14. The molecule has 38 heavy (non-hydrogen) atoms. The molecule has 1 heterocycles. The summed E-state index contributed by atoms with van der Waals surface area (Å²) in [6, 6.07) is 1.22. The van der Waals surface area contributed by atoms with Crippen LogP contribution in [-0.2, 0) is 9.59 Å². The van der Waals surface area contributed by atoms with Gasteiger partial charge in [-0.25, -0.2) is 0 Å². The van der Waals surface area contributed by atoms with Gasteiger partial charge < -0.3 is 27.0 Å². The van der Waals surface area contributed by atoms with Crippen molar-refractivity contribution >= 4 is 23.6 Å². The molecule has 2 unspecified atom stereocenters. The third-order valence-corrected chi connectivity index (χ3v) is 8.11. The van der Waals surface area contributed by atoms with E-state index in [0.29, 0.717) is 30.6 Å². The van der Waals surface area contributed by atoms with Gasteiger partial charge in [0.05, 0.1) is 12.6 Å². The molecule has 0 saturated carbocycles. The number of carbonyl (C=O) groups is 2. The quantitative estimate of drug-likeness (QED) is 0.130. The van der Waals surface area contributed by atoms with Crippen LogP contribution in [0.2, 0.25) is 0 Å². The normalized spacial score (nSPS) is 17.3. The molecule has 0 radical (unpaired) electrons. The van der Waals surface area contributed by atoms with Crippen molar-refractivity contribution in [2.24, 2.45) is 11.7 Å². The Bertz CT molecular complexity index is 616. The maximum atomic E-state index is 12.3. The van der Waals surface area contributed by atoms with Crippen LogP contribution in [0.5, 0.6) is 0 Å². The van der Waals surface area contributed by atoms with Gasteiger partial charge in [0.15, 0.2) is 0 Å². The Morgan fingerprint density at radius 2 is 1.61 bits per heavy atom. The fourth-order valence-corrected chi connectivity index (χ4v) is 5.41. The zero-order valence-corrected chi connectivity index (χ0v) is 26.0. The first-order chi connectivity index (χ1) is 18.2. The maximum Gasteiger partial charge on any atom is 0.236 e. The molecular formula is C29H60N6O2S. The first-order valence-electron chi connectivity index (χ1n) is 15.2. The minimum atomic E-state index is -0.392. The Balaban J connectivity index is 1.98. The van der Waals surface area contributed by atoms with Crippen LogP contribution >= 0.6 is 11.8 Å². The second-order valence-corrected chi connectivity index (χ2v) is 12.6. The number of nitrogens with one attached hydrogen (secondary N) is 4. The predicted octanol–water partition coefficient (Wildman–Crippen LogP) is 3.11. The maximum absolute atomic E-state index is 12.3. The van der Waals surface area contributed by atoms with Crippen LogP contribution in [0.1, 0.15) is 91.9 Å². The van der Waals surface area contributed by atoms with Crippen LogP contribution in [0.25, 0.3) is 0 Å². The molecule has 0 bridgehead atoms. The third kappa shape index (κ3) is 18.4. The zero-order chi connectivity index (χ0) is 28.2. The number of hydrogen-bond donors (Lipinski definition) is 5. The number of unbranched alkanes of at least 4 members (excludes halogenated alkanes) is 1. The number of piperidine rings is 1. The highest BCUT2D eigenvalue weighted by Gasteiger charge is 2.21. The topological polar surface area (TPSA) is 112 Å². The lowest BCUT2D eigenvalue weighted by Crippen LogP contribution is -2.47. The molecule has 1 aliphatic rings. The average Bonchev–Trinajstić information content (AvgIpc) is 2.88. The van der Waals surface area contributed by atoms with Gasteiger partial charge in [-0.3, -0.25) is 14.5 Å². The largest absolute Gasteiger partial charge is 0.355 e. The van der Waals surface area contributed by atoms with Crippen LogP contribution in [0.3, 0.4) is 0 Å².